The molecule has 0 radical (unpaired) electrons. The van der Waals surface area contributed by atoms with Crippen molar-refractivity contribution in [2.24, 2.45) is 0 Å². The minimum absolute atomic E-state index is 0.00448. The van der Waals surface area contributed by atoms with Crippen LogP contribution in [0, 0.1) is 6.92 Å². The Hall–Kier alpha value is -2.17. The zero-order valence-corrected chi connectivity index (χ0v) is 15.1. The number of nitrogens with one attached hydrogen (secondary N) is 1. The van der Waals surface area contributed by atoms with Crippen LogP contribution in [0.3, 0.4) is 0 Å². The second-order valence-corrected chi connectivity index (χ2v) is 7.33. The van der Waals surface area contributed by atoms with Crippen LogP contribution in [0.15, 0.2) is 54.6 Å². The van der Waals surface area contributed by atoms with E-state index in [0.29, 0.717) is 6.54 Å². The van der Waals surface area contributed by atoms with Crippen LogP contribution in [0.4, 0.5) is 0 Å². The first-order chi connectivity index (χ1) is 11.5. The second-order valence-electron chi connectivity index (χ2n) is 6.25. The highest BCUT2D eigenvalue weighted by molar-refractivity contribution is 7.20. The fraction of sp³-hybridized carbons (Fsp3) is 0.250. The average Bonchev–Trinajstić information content (AvgIpc) is 3.00. The van der Waals surface area contributed by atoms with E-state index in [1.807, 2.05) is 44.4 Å². The number of likely N-dealkylation sites (N-methyl/N-ethyl adjacent to an activating group) is 1. The van der Waals surface area contributed by atoms with Gasteiger partial charge in [-0.15, -0.1) is 11.3 Å². The molecule has 0 fully saturated rings. The van der Waals surface area contributed by atoms with Gasteiger partial charge in [0.1, 0.15) is 0 Å². The lowest BCUT2D eigenvalue weighted by Gasteiger charge is -2.25. The van der Waals surface area contributed by atoms with Crippen molar-refractivity contribution in [3.05, 3.63) is 70.6 Å². The molecule has 0 saturated carbocycles. The molecule has 1 amide bonds. The maximum atomic E-state index is 12.5. The van der Waals surface area contributed by atoms with Crippen LogP contribution in [-0.2, 0) is 0 Å². The Morgan fingerprint density at radius 3 is 2.50 bits per heavy atom. The molecule has 1 heterocycles. The second kappa shape index (κ2) is 7.16. The van der Waals surface area contributed by atoms with Crippen molar-refractivity contribution < 1.29 is 4.79 Å². The van der Waals surface area contributed by atoms with Gasteiger partial charge >= 0.3 is 0 Å². The zero-order chi connectivity index (χ0) is 17.1. The smallest absolute Gasteiger partial charge is 0.261 e. The molecule has 24 heavy (non-hydrogen) atoms. The SMILES string of the molecule is Cc1ccc(C(CNC(=O)c2cc3ccccc3s2)N(C)C)cc1. The molecule has 0 aliphatic heterocycles. The van der Waals surface area contributed by atoms with E-state index in [2.05, 4.69) is 41.4 Å². The summed E-state index contributed by atoms with van der Waals surface area (Å²) in [5.41, 5.74) is 2.45. The van der Waals surface area contributed by atoms with Gasteiger partial charge in [-0.1, -0.05) is 48.0 Å². The first-order valence-electron chi connectivity index (χ1n) is 8.04. The van der Waals surface area contributed by atoms with Gasteiger partial charge in [0.2, 0.25) is 0 Å². The molecule has 3 nitrogen and oxygen atoms in total. The van der Waals surface area contributed by atoms with Crippen molar-refractivity contribution in [3.63, 3.8) is 0 Å². The summed E-state index contributed by atoms with van der Waals surface area (Å²) >= 11 is 1.54. The van der Waals surface area contributed by atoms with E-state index in [1.165, 1.54) is 22.5 Å². The molecule has 1 unspecified atom stereocenters. The van der Waals surface area contributed by atoms with Crippen molar-refractivity contribution in [2.75, 3.05) is 20.6 Å². The number of aryl methyl sites for hydroxylation is 1. The lowest BCUT2D eigenvalue weighted by Crippen LogP contribution is -2.34. The van der Waals surface area contributed by atoms with Gasteiger partial charge in [0, 0.05) is 11.2 Å². The molecule has 0 bridgehead atoms. The lowest BCUT2D eigenvalue weighted by atomic mass is 10.0. The number of carbonyl (C=O) groups is 1. The molecule has 0 saturated heterocycles. The number of amides is 1. The Bertz CT molecular complexity index is 803. The Labute approximate surface area is 146 Å². The predicted octanol–water partition coefficient (Wildman–Crippen LogP) is 4.24. The van der Waals surface area contributed by atoms with E-state index in [0.717, 1.165) is 15.0 Å². The van der Waals surface area contributed by atoms with Crippen LogP contribution < -0.4 is 5.32 Å². The van der Waals surface area contributed by atoms with Gasteiger partial charge in [-0.2, -0.15) is 0 Å². The lowest BCUT2D eigenvalue weighted by molar-refractivity contribution is 0.0946. The Morgan fingerprint density at radius 2 is 1.83 bits per heavy atom. The van der Waals surface area contributed by atoms with Crippen LogP contribution in [0.1, 0.15) is 26.8 Å². The minimum Gasteiger partial charge on any atom is -0.349 e. The molecular weight excluding hydrogens is 316 g/mol. The van der Waals surface area contributed by atoms with Gasteiger partial charge < -0.3 is 10.2 Å². The Morgan fingerprint density at radius 1 is 1.12 bits per heavy atom. The van der Waals surface area contributed by atoms with Crippen molar-refractivity contribution in [1.82, 2.24) is 10.2 Å². The fourth-order valence-electron chi connectivity index (χ4n) is 2.76. The molecule has 0 aliphatic carbocycles. The van der Waals surface area contributed by atoms with Crippen LogP contribution in [-0.4, -0.2) is 31.4 Å². The monoisotopic (exact) mass is 338 g/mol. The van der Waals surface area contributed by atoms with Crippen molar-refractivity contribution in [3.8, 4) is 0 Å². The summed E-state index contributed by atoms with van der Waals surface area (Å²) in [4.78, 5) is 15.4. The third-order valence-electron chi connectivity index (χ3n) is 4.19. The first-order valence-corrected chi connectivity index (χ1v) is 8.86. The van der Waals surface area contributed by atoms with Crippen LogP contribution in [0.5, 0.6) is 0 Å². The Balaban J connectivity index is 1.72. The maximum absolute atomic E-state index is 12.5. The largest absolute Gasteiger partial charge is 0.349 e. The quantitative estimate of drug-likeness (QED) is 0.754. The number of thiophene rings is 1. The molecule has 1 atom stereocenters. The normalized spacial score (nSPS) is 12.5. The molecule has 1 aromatic heterocycles. The predicted molar refractivity (Wildman–Crippen MR) is 102 cm³/mol. The van der Waals surface area contributed by atoms with Crippen LogP contribution in [0.2, 0.25) is 0 Å². The number of hydrogen-bond donors (Lipinski definition) is 1. The molecular formula is C20H22N2OS. The number of benzene rings is 2. The molecule has 124 valence electrons. The highest BCUT2D eigenvalue weighted by atomic mass is 32.1. The van der Waals surface area contributed by atoms with Crippen molar-refractivity contribution in [2.45, 2.75) is 13.0 Å². The third kappa shape index (κ3) is 3.66. The highest BCUT2D eigenvalue weighted by Crippen LogP contribution is 2.25. The fourth-order valence-corrected chi connectivity index (χ4v) is 3.74. The standard InChI is InChI=1S/C20H22N2OS/c1-14-8-10-15(11-9-14)17(22(2)3)13-21-20(23)19-12-16-6-4-5-7-18(16)24-19/h4-12,17H,13H2,1-3H3,(H,21,23). The van der Waals surface area contributed by atoms with E-state index < -0.39 is 0 Å². The first kappa shape index (κ1) is 16.7. The van der Waals surface area contributed by atoms with Gasteiger partial charge in [-0.3, -0.25) is 4.79 Å². The number of nitrogens with zero attached hydrogens (tertiary/aromatic N) is 1. The molecule has 0 spiro atoms. The number of hydrogen-bond acceptors (Lipinski definition) is 3. The number of fused-ring (bicyclic) bond motifs is 1. The summed E-state index contributed by atoms with van der Waals surface area (Å²) in [5.74, 6) is -0.00448. The van der Waals surface area contributed by atoms with Gasteiger partial charge in [0.25, 0.3) is 5.91 Å². The third-order valence-corrected chi connectivity index (χ3v) is 5.31. The minimum atomic E-state index is -0.00448. The molecule has 1 N–H and O–H groups in total. The molecule has 3 rings (SSSR count). The zero-order valence-electron chi connectivity index (χ0n) is 14.2. The summed E-state index contributed by atoms with van der Waals surface area (Å²) in [6, 6.07) is 18.7. The van der Waals surface area contributed by atoms with Gasteiger partial charge in [0.15, 0.2) is 0 Å². The van der Waals surface area contributed by atoms with Crippen molar-refractivity contribution in [1.29, 1.82) is 0 Å². The molecule has 0 aliphatic rings. The van der Waals surface area contributed by atoms with E-state index >= 15 is 0 Å². The van der Waals surface area contributed by atoms with Gasteiger partial charge in [0.05, 0.1) is 10.9 Å². The average molecular weight is 338 g/mol. The summed E-state index contributed by atoms with van der Waals surface area (Å²) in [6.07, 6.45) is 0. The summed E-state index contributed by atoms with van der Waals surface area (Å²) in [5, 5.41) is 4.20. The van der Waals surface area contributed by atoms with Crippen LogP contribution in [0.25, 0.3) is 10.1 Å². The summed E-state index contributed by atoms with van der Waals surface area (Å²) in [6.45, 7) is 2.67. The van der Waals surface area contributed by atoms with E-state index in [4.69, 9.17) is 0 Å². The topological polar surface area (TPSA) is 32.3 Å². The molecule has 4 heteroatoms. The van der Waals surface area contributed by atoms with Crippen LogP contribution >= 0.6 is 11.3 Å². The number of carbonyl (C=O) groups excluding carboxylic acids is 1. The van der Waals surface area contributed by atoms with E-state index in [9.17, 15) is 4.79 Å². The van der Waals surface area contributed by atoms with Gasteiger partial charge in [-0.25, -0.2) is 0 Å². The number of rotatable bonds is 5. The van der Waals surface area contributed by atoms with E-state index in [-0.39, 0.29) is 11.9 Å². The highest BCUT2D eigenvalue weighted by Gasteiger charge is 2.17. The maximum Gasteiger partial charge on any atom is 0.261 e. The molecule has 2 aromatic carbocycles. The summed E-state index contributed by atoms with van der Waals surface area (Å²) < 4.78 is 1.14. The Kier molecular flexibility index (Phi) is 4.97. The summed E-state index contributed by atoms with van der Waals surface area (Å²) in [7, 11) is 4.08. The molecule has 3 aromatic rings. The van der Waals surface area contributed by atoms with Crippen molar-refractivity contribution >= 4 is 27.3 Å². The van der Waals surface area contributed by atoms with Gasteiger partial charge in [-0.05, 0) is 44.1 Å². The van der Waals surface area contributed by atoms with E-state index in [1.54, 1.807) is 0 Å².